The molecule has 1 atom stereocenters. The molecule has 1 aromatic rings. The van der Waals surface area contributed by atoms with Crippen LogP contribution in [0.15, 0.2) is 47.2 Å². The monoisotopic (exact) mass is 402 g/mol. The molecule has 0 aromatic heterocycles. The third-order valence-electron chi connectivity index (χ3n) is 5.31. The first-order valence-electron chi connectivity index (χ1n) is 10.3. The Bertz CT molecular complexity index is 778. The molecule has 3 rings (SSSR count). The molecule has 2 aliphatic rings. The van der Waals surface area contributed by atoms with E-state index in [2.05, 4.69) is 15.3 Å². The quantitative estimate of drug-likeness (QED) is 0.517. The van der Waals surface area contributed by atoms with Gasteiger partial charge in [-0.15, -0.1) is 0 Å². The van der Waals surface area contributed by atoms with Crippen LogP contribution in [0.1, 0.15) is 36.9 Å². The van der Waals surface area contributed by atoms with Crippen molar-refractivity contribution < 1.29 is 14.2 Å². The van der Waals surface area contributed by atoms with Gasteiger partial charge in [-0.25, -0.2) is 9.82 Å². The fraction of sp³-hybridized carbons (Fsp3) is 0.500. The third kappa shape index (κ3) is 5.44. The minimum absolute atomic E-state index is 0.0526. The van der Waals surface area contributed by atoms with E-state index in [0.29, 0.717) is 19.6 Å². The number of halogens is 1. The normalized spacial score (nSPS) is 20.2. The fourth-order valence-corrected chi connectivity index (χ4v) is 3.93. The van der Waals surface area contributed by atoms with Crippen molar-refractivity contribution in [2.45, 2.75) is 32.2 Å². The van der Waals surface area contributed by atoms with Gasteiger partial charge in [-0.3, -0.25) is 10.0 Å². The number of hydrazine groups is 1. The van der Waals surface area contributed by atoms with Gasteiger partial charge < -0.3 is 14.7 Å². The van der Waals surface area contributed by atoms with Crippen LogP contribution in [-0.4, -0.2) is 60.8 Å². The number of nitrogens with zero attached hydrogens (tertiary/aromatic N) is 3. The Kier molecular flexibility index (Phi) is 7.80. The molecular weight excluding hydrogens is 371 g/mol. The number of amidine groups is 1. The maximum Gasteiger partial charge on any atom is 0.125 e. The van der Waals surface area contributed by atoms with Gasteiger partial charge in [-0.1, -0.05) is 6.07 Å². The average Bonchev–Trinajstić information content (AvgIpc) is 3.38. The van der Waals surface area contributed by atoms with Gasteiger partial charge in [0.2, 0.25) is 0 Å². The van der Waals surface area contributed by atoms with Crippen molar-refractivity contribution in [1.82, 2.24) is 15.3 Å². The van der Waals surface area contributed by atoms with E-state index in [1.54, 1.807) is 19.2 Å². The van der Waals surface area contributed by atoms with E-state index in [-0.39, 0.29) is 18.5 Å². The number of hydrogen-bond acceptors (Lipinski definition) is 5. The van der Waals surface area contributed by atoms with Crippen LogP contribution >= 0.6 is 0 Å². The second-order valence-electron chi connectivity index (χ2n) is 7.23. The molecule has 158 valence electrons. The molecule has 1 aromatic carbocycles. The van der Waals surface area contributed by atoms with Crippen molar-refractivity contribution in [3.63, 3.8) is 0 Å². The Morgan fingerprint density at radius 3 is 3.07 bits per heavy atom. The van der Waals surface area contributed by atoms with Crippen LogP contribution in [0.3, 0.4) is 0 Å². The van der Waals surface area contributed by atoms with Crippen molar-refractivity contribution in [2.24, 2.45) is 4.99 Å². The second-order valence-corrected chi connectivity index (χ2v) is 7.23. The Hall–Kier alpha value is -2.22. The summed E-state index contributed by atoms with van der Waals surface area (Å²) in [7, 11) is 1.78. The molecule has 0 spiro atoms. The lowest BCUT2D eigenvalue weighted by molar-refractivity contribution is 0.170. The molecule has 2 N–H and O–H groups in total. The van der Waals surface area contributed by atoms with E-state index >= 15 is 0 Å². The summed E-state index contributed by atoms with van der Waals surface area (Å²) in [6.45, 7) is 5.01. The number of aliphatic hydroxyl groups is 1. The highest BCUT2D eigenvalue weighted by Crippen LogP contribution is 2.35. The predicted molar refractivity (Wildman–Crippen MR) is 113 cm³/mol. The molecule has 6 nitrogen and oxygen atoms in total. The number of aliphatic imine (C=N–C) groups is 1. The number of likely N-dealkylation sites (tertiary alicyclic amines) is 1. The summed E-state index contributed by atoms with van der Waals surface area (Å²) >= 11 is 0. The van der Waals surface area contributed by atoms with Gasteiger partial charge in [0.25, 0.3) is 0 Å². The molecule has 0 amide bonds. The summed E-state index contributed by atoms with van der Waals surface area (Å²) in [6.07, 6.45) is 8.46. The highest BCUT2D eigenvalue weighted by molar-refractivity contribution is 5.93. The standard InChI is InChI=1S/C22H31FN4O2/c1-3-29-16-17-14-25-26(15-17)11-8-22(24-2)27-10-4-5-21(27)20-13-19(23)7-6-18(20)9-12-28/h6-8,11,13,15,21,25,28H,3-5,9-10,12,14,16H2,1-2H3/b11-8-,24-22+. The largest absolute Gasteiger partial charge is 0.396 e. The van der Waals surface area contributed by atoms with Gasteiger partial charge in [0.05, 0.1) is 12.6 Å². The summed E-state index contributed by atoms with van der Waals surface area (Å²) in [6, 6.07) is 4.92. The maximum absolute atomic E-state index is 14.0. The molecule has 29 heavy (non-hydrogen) atoms. The van der Waals surface area contributed by atoms with Gasteiger partial charge in [-0.2, -0.15) is 0 Å². The van der Waals surface area contributed by atoms with Crippen LogP contribution in [0, 0.1) is 5.82 Å². The molecule has 1 fully saturated rings. The van der Waals surface area contributed by atoms with E-state index < -0.39 is 0 Å². The topological polar surface area (TPSA) is 60.3 Å². The van der Waals surface area contributed by atoms with Crippen LogP contribution in [0.2, 0.25) is 0 Å². The Labute approximate surface area is 172 Å². The first-order valence-corrected chi connectivity index (χ1v) is 10.3. The van der Waals surface area contributed by atoms with Crippen LogP contribution in [-0.2, 0) is 11.2 Å². The summed E-state index contributed by atoms with van der Waals surface area (Å²) in [5.74, 6) is 0.618. The number of ether oxygens (including phenoxy) is 1. The van der Waals surface area contributed by atoms with E-state index in [4.69, 9.17) is 4.74 Å². The van der Waals surface area contributed by atoms with Crippen molar-refractivity contribution in [3.05, 3.63) is 59.2 Å². The lowest BCUT2D eigenvalue weighted by Crippen LogP contribution is -2.31. The lowest BCUT2D eigenvalue weighted by Gasteiger charge is -2.28. The first kappa shape index (κ1) is 21.5. The molecule has 0 saturated carbocycles. The number of aliphatic hydroxyl groups excluding tert-OH is 1. The summed E-state index contributed by atoms with van der Waals surface area (Å²) < 4.78 is 19.4. The van der Waals surface area contributed by atoms with Crippen LogP contribution in [0.25, 0.3) is 0 Å². The minimum atomic E-state index is -0.243. The smallest absolute Gasteiger partial charge is 0.125 e. The Balaban J connectivity index is 1.74. The number of nitrogens with one attached hydrogen (secondary N) is 1. The summed E-state index contributed by atoms with van der Waals surface area (Å²) in [5, 5.41) is 11.3. The van der Waals surface area contributed by atoms with Gasteiger partial charge >= 0.3 is 0 Å². The zero-order valence-electron chi connectivity index (χ0n) is 17.3. The molecule has 1 unspecified atom stereocenters. The van der Waals surface area contributed by atoms with Crippen molar-refractivity contribution in [1.29, 1.82) is 0 Å². The van der Waals surface area contributed by atoms with Crippen molar-refractivity contribution in [3.8, 4) is 0 Å². The maximum atomic E-state index is 14.0. The highest BCUT2D eigenvalue weighted by Gasteiger charge is 2.29. The number of hydrogen-bond donors (Lipinski definition) is 2. The fourth-order valence-electron chi connectivity index (χ4n) is 3.93. The molecule has 0 radical (unpaired) electrons. The second kappa shape index (κ2) is 10.5. The van der Waals surface area contributed by atoms with E-state index in [9.17, 15) is 9.50 Å². The Morgan fingerprint density at radius 1 is 1.45 bits per heavy atom. The van der Waals surface area contributed by atoms with Crippen molar-refractivity contribution >= 4 is 5.84 Å². The van der Waals surface area contributed by atoms with Gasteiger partial charge in [0, 0.05) is 45.8 Å². The molecular formula is C22H31FN4O2. The zero-order valence-corrected chi connectivity index (χ0v) is 17.3. The van der Waals surface area contributed by atoms with E-state index in [1.165, 1.54) is 11.6 Å². The van der Waals surface area contributed by atoms with Crippen LogP contribution in [0.5, 0.6) is 0 Å². The van der Waals surface area contributed by atoms with Crippen molar-refractivity contribution in [2.75, 3.05) is 40.0 Å². The van der Waals surface area contributed by atoms with E-state index in [1.807, 2.05) is 30.4 Å². The summed E-state index contributed by atoms with van der Waals surface area (Å²) in [4.78, 5) is 6.72. The van der Waals surface area contributed by atoms with Crippen LogP contribution in [0.4, 0.5) is 4.39 Å². The predicted octanol–water partition coefficient (Wildman–Crippen LogP) is 2.78. The van der Waals surface area contributed by atoms with E-state index in [0.717, 1.165) is 42.9 Å². The average molecular weight is 403 g/mol. The molecule has 7 heteroatoms. The van der Waals surface area contributed by atoms with Gasteiger partial charge in [0.15, 0.2) is 0 Å². The van der Waals surface area contributed by atoms with Gasteiger partial charge in [0.1, 0.15) is 11.7 Å². The molecule has 1 saturated heterocycles. The highest BCUT2D eigenvalue weighted by atomic mass is 19.1. The third-order valence-corrected chi connectivity index (χ3v) is 5.31. The minimum Gasteiger partial charge on any atom is -0.396 e. The SMILES string of the molecule is CCOCC1=CN(/C=C\C(=N/C)N2CCCC2c2cc(F)ccc2CCO)NC1. The van der Waals surface area contributed by atoms with Crippen LogP contribution < -0.4 is 5.43 Å². The first-order chi connectivity index (χ1) is 14.2. The lowest BCUT2D eigenvalue weighted by atomic mass is 9.96. The number of rotatable bonds is 8. The summed E-state index contributed by atoms with van der Waals surface area (Å²) in [5.41, 5.74) is 6.42. The zero-order chi connectivity index (χ0) is 20.6. The molecule has 2 heterocycles. The molecule has 2 aliphatic heterocycles. The number of benzene rings is 1. The molecule has 0 bridgehead atoms. The Morgan fingerprint density at radius 2 is 2.31 bits per heavy atom. The molecule has 0 aliphatic carbocycles. The van der Waals surface area contributed by atoms with Gasteiger partial charge in [-0.05, 0) is 61.1 Å².